The van der Waals surface area contributed by atoms with Gasteiger partial charge in [0.1, 0.15) is 23.7 Å². The maximum absolute atomic E-state index is 13.2. The van der Waals surface area contributed by atoms with Gasteiger partial charge in [0.15, 0.2) is 0 Å². The summed E-state index contributed by atoms with van der Waals surface area (Å²) >= 11 is 0. The molecule has 3 rings (SSSR count). The Bertz CT molecular complexity index is 927. The van der Waals surface area contributed by atoms with Crippen molar-refractivity contribution in [3.63, 3.8) is 0 Å². The summed E-state index contributed by atoms with van der Waals surface area (Å²) in [6, 6.07) is 13.3. The molecule has 0 unspecified atom stereocenters. The number of nitrogens with zero attached hydrogens (tertiary/aromatic N) is 2. The molecule has 0 bridgehead atoms. The van der Waals surface area contributed by atoms with Gasteiger partial charge in [0, 0.05) is 17.4 Å². The molecule has 3 aromatic rings. The van der Waals surface area contributed by atoms with Gasteiger partial charge < -0.3 is 10.6 Å². The number of amides is 1. The molecule has 0 fully saturated rings. The minimum Gasteiger partial charge on any atom is -0.340 e. The van der Waals surface area contributed by atoms with E-state index in [1.54, 1.807) is 12.1 Å². The van der Waals surface area contributed by atoms with E-state index < -0.39 is 0 Å². The number of hydrogen-bond donors (Lipinski definition) is 2. The Kier molecular flexibility index (Phi) is 4.70. The Morgan fingerprint density at radius 2 is 1.88 bits per heavy atom. The number of nitrogens with one attached hydrogen (secondary N) is 2. The maximum atomic E-state index is 13.2. The summed E-state index contributed by atoms with van der Waals surface area (Å²) in [6.07, 6.45) is 1.29. The van der Waals surface area contributed by atoms with Crippen LogP contribution >= 0.6 is 0 Å². The molecule has 126 valence electrons. The van der Waals surface area contributed by atoms with Gasteiger partial charge in [0.25, 0.3) is 5.91 Å². The van der Waals surface area contributed by atoms with Gasteiger partial charge in [0.05, 0.1) is 0 Å². The molecule has 2 N–H and O–H groups in total. The Morgan fingerprint density at radius 3 is 2.64 bits per heavy atom. The van der Waals surface area contributed by atoms with Crippen LogP contribution in [0.25, 0.3) is 0 Å². The fourth-order valence-electron chi connectivity index (χ4n) is 2.40. The van der Waals surface area contributed by atoms with E-state index in [1.165, 1.54) is 24.5 Å². The van der Waals surface area contributed by atoms with Gasteiger partial charge in [-0.25, -0.2) is 14.4 Å². The minimum atomic E-state index is -0.355. The first kappa shape index (κ1) is 16.6. The number of carbonyl (C=O) groups excluding carboxylic acids is 1. The molecular formula is C19H17FN4O. The fraction of sp³-hybridized carbons (Fsp3) is 0.105. The second-order valence-electron chi connectivity index (χ2n) is 5.70. The van der Waals surface area contributed by atoms with Crippen LogP contribution in [0.4, 0.5) is 21.6 Å². The second kappa shape index (κ2) is 7.09. The molecule has 1 heterocycles. The third-order valence-electron chi connectivity index (χ3n) is 3.63. The fourth-order valence-corrected chi connectivity index (χ4v) is 2.40. The number of anilines is 3. The van der Waals surface area contributed by atoms with E-state index >= 15 is 0 Å². The average Bonchev–Trinajstić information content (AvgIpc) is 2.57. The first-order valence-electron chi connectivity index (χ1n) is 7.74. The van der Waals surface area contributed by atoms with Crippen LogP contribution in [-0.4, -0.2) is 15.9 Å². The lowest BCUT2D eigenvalue weighted by Crippen LogP contribution is -2.15. The summed E-state index contributed by atoms with van der Waals surface area (Å²) in [5.41, 5.74) is 3.58. The Balaban J connectivity index is 1.77. The van der Waals surface area contributed by atoms with Crippen molar-refractivity contribution in [2.75, 3.05) is 10.6 Å². The van der Waals surface area contributed by atoms with E-state index in [0.717, 1.165) is 16.8 Å². The Hall–Kier alpha value is -3.28. The molecule has 0 saturated carbocycles. The highest BCUT2D eigenvalue weighted by atomic mass is 19.1. The zero-order valence-corrected chi connectivity index (χ0v) is 13.9. The summed E-state index contributed by atoms with van der Waals surface area (Å²) in [5.74, 6) is -0.283. The highest BCUT2D eigenvalue weighted by Gasteiger charge is 2.11. The van der Waals surface area contributed by atoms with Crippen LogP contribution < -0.4 is 10.6 Å². The lowest BCUT2D eigenvalue weighted by Gasteiger charge is -2.10. The van der Waals surface area contributed by atoms with Crippen molar-refractivity contribution in [1.82, 2.24) is 9.97 Å². The Morgan fingerprint density at radius 1 is 1.04 bits per heavy atom. The molecule has 0 atom stereocenters. The molecule has 5 nitrogen and oxygen atoms in total. The lowest BCUT2D eigenvalue weighted by atomic mass is 10.1. The summed E-state index contributed by atoms with van der Waals surface area (Å²) in [4.78, 5) is 20.5. The third-order valence-corrected chi connectivity index (χ3v) is 3.63. The zero-order valence-electron chi connectivity index (χ0n) is 13.9. The second-order valence-corrected chi connectivity index (χ2v) is 5.70. The Labute approximate surface area is 145 Å². The monoisotopic (exact) mass is 336 g/mol. The number of benzene rings is 2. The van der Waals surface area contributed by atoms with Crippen LogP contribution in [0.1, 0.15) is 21.6 Å². The van der Waals surface area contributed by atoms with Crippen molar-refractivity contribution >= 4 is 23.1 Å². The van der Waals surface area contributed by atoms with Crippen molar-refractivity contribution in [3.8, 4) is 0 Å². The first-order chi connectivity index (χ1) is 12.0. The molecule has 0 spiro atoms. The smallest absolute Gasteiger partial charge is 0.274 e. The molecule has 1 amide bonds. The van der Waals surface area contributed by atoms with Crippen LogP contribution in [0.5, 0.6) is 0 Å². The highest BCUT2D eigenvalue weighted by Crippen LogP contribution is 2.18. The summed E-state index contributed by atoms with van der Waals surface area (Å²) in [7, 11) is 0. The van der Waals surface area contributed by atoms with E-state index in [-0.39, 0.29) is 17.4 Å². The average molecular weight is 336 g/mol. The van der Waals surface area contributed by atoms with Crippen LogP contribution in [0.15, 0.2) is 54.9 Å². The number of aryl methyl sites for hydroxylation is 2. The quantitative estimate of drug-likeness (QED) is 0.748. The normalized spacial score (nSPS) is 10.4. The van der Waals surface area contributed by atoms with E-state index in [2.05, 4.69) is 20.6 Å². The van der Waals surface area contributed by atoms with Crippen molar-refractivity contribution < 1.29 is 9.18 Å². The van der Waals surface area contributed by atoms with Crippen molar-refractivity contribution in [2.24, 2.45) is 0 Å². The van der Waals surface area contributed by atoms with E-state index in [9.17, 15) is 9.18 Å². The number of rotatable bonds is 4. The lowest BCUT2D eigenvalue weighted by molar-refractivity contribution is 0.102. The molecule has 6 heteroatoms. The molecule has 2 aromatic carbocycles. The SMILES string of the molecule is Cc1ccc(NC(=O)c2cc(Nc3cccc(F)c3)ncn2)c(C)c1. The molecule has 0 aliphatic rings. The van der Waals surface area contributed by atoms with Crippen LogP contribution in [0.3, 0.4) is 0 Å². The van der Waals surface area contributed by atoms with E-state index in [0.29, 0.717) is 11.5 Å². The number of aromatic nitrogens is 2. The molecule has 0 aliphatic heterocycles. The van der Waals surface area contributed by atoms with Crippen molar-refractivity contribution in [3.05, 3.63) is 77.5 Å². The molecule has 0 radical (unpaired) electrons. The minimum absolute atomic E-state index is 0.217. The summed E-state index contributed by atoms with van der Waals surface area (Å²) < 4.78 is 13.2. The van der Waals surface area contributed by atoms with E-state index in [4.69, 9.17) is 0 Å². The standard InChI is InChI=1S/C19H17FN4O/c1-12-6-7-16(13(2)8-12)24-19(25)17-10-18(22-11-21-17)23-15-5-3-4-14(20)9-15/h3-11H,1-2H3,(H,24,25)(H,21,22,23). The first-order valence-corrected chi connectivity index (χ1v) is 7.74. The summed E-state index contributed by atoms with van der Waals surface area (Å²) in [5, 5.41) is 5.79. The van der Waals surface area contributed by atoms with Crippen molar-refractivity contribution in [1.29, 1.82) is 0 Å². The van der Waals surface area contributed by atoms with Gasteiger partial charge in [-0.15, -0.1) is 0 Å². The molecule has 1 aromatic heterocycles. The van der Waals surface area contributed by atoms with Gasteiger partial charge in [-0.1, -0.05) is 23.8 Å². The third kappa shape index (κ3) is 4.17. The highest BCUT2D eigenvalue weighted by molar-refractivity contribution is 6.03. The molecule has 0 aliphatic carbocycles. The molecular weight excluding hydrogens is 319 g/mol. The van der Waals surface area contributed by atoms with Gasteiger partial charge in [0.2, 0.25) is 0 Å². The zero-order chi connectivity index (χ0) is 17.8. The predicted octanol–water partition coefficient (Wildman–Crippen LogP) is 4.23. The van der Waals surface area contributed by atoms with Crippen LogP contribution in [0, 0.1) is 19.7 Å². The van der Waals surface area contributed by atoms with Gasteiger partial charge in [-0.05, 0) is 43.7 Å². The van der Waals surface area contributed by atoms with Gasteiger partial charge in [-0.2, -0.15) is 0 Å². The number of carbonyl (C=O) groups is 1. The van der Waals surface area contributed by atoms with Gasteiger partial charge >= 0.3 is 0 Å². The van der Waals surface area contributed by atoms with E-state index in [1.807, 2.05) is 32.0 Å². The van der Waals surface area contributed by atoms with Crippen molar-refractivity contribution in [2.45, 2.75) is 13.8 Å². The number of hydrogen-bond acceptors (Lipinski definition) is 4. The summed E-state index contributed by atoms with van der Waals surface area (Å²) in [6.45, 7) is 3.92. The largest absolute Gasteiger partial charge is 0.340 e. The topological polar surface area (TPSA) is 66.9 Å². The number of halogens is 1. The van der Waals surface area contributed by atoms with Crippen LogP contribution in [-0.2, 0) is 0 Å². The molecule has 0 saturated heterocycles. The maximum Gasteiger partial charge on any atom is 0.274 e. The van der Waals surface area contributed by atoms with Crippen LogP contribution in [0.2, 0.25) is 0 Å². The predicted molar refractivity (Wildman–Crippen MR) is 95.6 cm³/mol. The van der Waals surface area contributed by atoms with Gasteiger partial charge in [-0.3, -0.25) is 4.79 Å². The molecule has 25 heavy (non-hydrogen) atoms.